The summed E-state index contributed by atoms with van der Waals surface area (Å²) >= 11 is 0. The summed E-state index contributed by atoms with van der Waals surface area (Å²) in [6, 6.07) is 3.13. The van der Waals surface area contributed by atoms with Crippen LogP contribution in [0.4, 0.5) is 0 Å². The molecule has 0 spiro atoms. The van der Waals surface area contributed by atoms with Crippen molar-refractivity contribution < 1.29 is 24.1 Å². The number of methoxy groups -OCH3 is 3. The van der Waals surface area contributed by atoms with Crippen molar-refractivity contribution in [3.63, 3.8) is 0 Å². The van der Waals surface area contributed by atoms with E-state index in [4.69, 9.17) is 14.2 Å². The molecule has 1 aromatic carbocycles. The number of hydrogen-bond acceptors (Lipinski definition) is 5. The number of carbonyl (C=O) groups is 1. The molecular formula is C14H21NO5. The molecule has 1 rings (SSSR count). The van der Waals surface area contributed by atoms with Gasteiger partial charge < -0.3 is 24.6 Å². The van der Waals surface area contributed by atoms with Crippen LogP contribution in [0, 0.1) is 0 Å². The molecule has 0 fully saturated rings. The predicted octanol–water partition coefficient (Wildman–Crippen LogP) is 1.21. The number of benzene rings is 1. The van der Waals surface area contributed by atoms with E-state index in [1.54, 1.807) is 26.0 Å². The van der Waals surface area contributed by atoms with E-state index >= 15 is 0 Å². The first-order valence-electron chi connectivity index (χ1n) is 6.12. The summed E-state index contributed by atoms with van der Waals surface area (Å²) in [5.74, 6) is 0.915. The molecule has 0 aromatic heterocycles. The molecule has 6 nitrogen and oxygen atoms in total. The van der Waals surface area contributed by atoms with Crippen molar-refractivity contribution in [1.82, 2.24) is 5.32 Å². The van der Waals surface area contributed by atoms with Crippen LogP contribution in [-0.4, -0.2) is 44.5 Å². The topological polar surface area (TPSA) is 77.0 Å². The first-order valence-corrected chi connectivity index (χ1v) is 6.12. The number of aliphatic hydroxyl groups excluding tert-OH is 1. The van der Waals surface area contributed by atoms with Gasteiger partial charge in [-0.05, 0) is 13.8 Å². The molecule has 0 aliphatic rings. The van der Waals surface area contributed by atoms with Crippen LogP contribution < -0.4 is 19.5 Å². The lowest BCUT2D eigenvalue weighted by Gasteiger charge is -2.24. The molecule has 2 N–H and O–H groups in total. The van der Waals surface area contributed by atoms with Crippen LogP contribution in [0.15, 0.2) is 12.1 Å². The molecule has 0 radical (unpaired) electrons. The van der Waals surface area contributed by atoms with Crippen LogP contribution in [0.2, 0.25) is 0 Å². The lowest BCUT2D eigenvalue weighted by atomic mass is 10.1. The second-order valence-electron chi connectivity index (χ2n) is 4.90. The van der Waals surface area contributed by atoms with Crippen molar-refractivity contribution in [2.75, 3.05) is 27.9 Å². The van der Waals surface area contributed by atoms with Gasteiger partial charge in [0, 0.05) is 12.1 Å². The van der Waals surface area contributed by atoms with Gasteiger partial charge in [-0.2, -0.15) is 0 Å². The highest BCUT2D eigenvalue weighted by molar-refractivity contribution is 5.98. The van der Waals surface area contributed by atoms with E-state index in [1.807, 2.05) is 0 Å². The van der Waals surface area contributed by atoms with E-state index < -0.39 is 5.54 Å². The van der Waals surface area contributed by atoms with E-state index in [0.717, 1.165) is 0 Å². The van der Waals surface area contributed by atoms with Gasteiger partial charge in [0.05, 0.1) is 39.0 Å². The van der Waals surface area contributed by atoms with E-state index in [2.05, 4.69) is 5.32 Å². The fourth-order valence-electron chi connectivity index (χ4n) is 1.62. The molecule has 0 atom stereocenters. The van der Waals surface area contributed by atoms with Crippen LogP contribution in [0.25, 0.3) is 0 Å². The normalized spacial score (nSPS) is 10.9. The highest BCUT2D eigenvalue weighted by atomic mass is 16.5. The molecule has 0 aliphatic carbocycles. The number of carbonyl (C=O) groups excluding carboxylic acids is 1. The van der Waals surface area contributed by atoms with Crippen molar-refractivity contribution >= 4 is 5.91 Å². The average molecular weight is 283 g/mol. The fourth-order valence-corrected chi connectivity index (χ4v) is 1.62. The Morgan fingerprint density at radius 1 is 1.10 bits per heavy atom. The molecule has 0 aliphatic heterocycles. The van der Waals surface area contributed by atoms with Gasteiger partial charge in [0.2, 0.25) is 0 Å². The quantitative estimate of drug-likeness (QED) is 0.820. The maximum Gasteiger partial charge on any atom is 0.255 e. The molecule has 0 saturated carbocycles. The molecule has 6 heteroatoms. The van der Waals surface area contributed by atoms with Crippen LogP contribution in [0.5, 0.6) is 17.2 Å². The highest BCUT2D eigenvalue weighted by Crippen LogP contribution is 2.34. The smallest absolute Gasteiger partial charge is 0.255 e. The minimum Gasteiger partial charge on any atom is -0.496 e. The number of ether oxygens (including phenoxy) is 3. The molecular weight excluding hydrogens is 262 g/mol. The summed E-state index contributed by atoms with van der Waals surface area (Å²) in [6.07, 6.45) is 0. The zero-order valence-electron chi connectivity index (χ0n) is 12.4. The van der Waals surface area contributed by atoms with Gasteiger partial charge in [0.25, 0.3) is 5.91 Å². The fraction of sp³-hybridized carbons (Fsp3) is 0.500. The molecule has 112 valence electrons. The largest absolute Gasteiger partial charge is 0.496 e. The van der Waals surface area contributed by atoms with E-state index in [1.165, 1.54) is 21.3 Å². The summed E-state index contributed by atoms with van der Waals surface area (Å²) in [5, 5.41) is 11.9. The number of nitrogens with one attached hydrogen (secondary N) is 1. The number of rotatable bonds is 6. The van der Waals surface area contributed by atoms with Crippen molar-refractivity contribution in [2.45, 2.75) is 19.4 Å². The lowest BCUT2D eigenvalue weighted by Crippen LogP contribution is -2.46. The third-order valence-electron chi connectivity index (χ3n) is 2.80. The summed E-state index contributed by atoms with van der Waals surface area (Å²) in [6.45, 7) is 3.27. The Bertz CT molecular complexity index is 485. The van der Waals surface area contributed by atoms with Crippen LogP contribution >= 0.6 is 0 Å². The van der Waals surface area contributed by atoms with Crippen LogP contribution in [-0.2, 0) is 0 Å². The van der Waals surface area contributed by atoms with Gasteiger partial charge in [-0.1, -0.05) is 0 Å². The van der Waals surface area contributed by atoms with Crippen molar-refractivity contribution in [2.24, 2.45) is 0 Å². The zero-order valence-corrected chi connectivity index (χ0v) is 12.4. The Hall–Kier alpha value is -1.95. The summed E-state index contributed by atoms with van der Waals surface area (Å²) in [7, 11) is 4.46. The Kier molecular flexibility index (Phi) is 5.21. The number of hydrogen-bond donors (Lipinski definition) is 2. The highest BCUT2D eigenvalue weighted by Gasteiger charge is 2.24. The summed E-state index contributed by atoms with van der Waals surface area (Å²) < 4.78 is 15.5. The SMILES string of the molecule is COc1cc(OC)c(C(=O)NC(C)(C)CO)cc1OC. The van der Waals surface area contributed by atoms with E-state index in [9.17, 15) is 9.90 Å². The molecule has 0 saturated heterocycles. The molecule has 0 heterocycles. The third kappa shape index (κ3) is 3.54. The predicted molar refractivity (Wildman–Crippen MR) is 74.7 cm³/mol. The third-order valence-corrected chi connectivity index (χ3v) is 2.80. The van der Waals surface area contributed by atoms with Crippen LogP contribution in [0.1, 0.15) is 24.2 Å². The minimum absolute atomic E-state index is 0.172. The van der Waals surface area contributed by atoms with E-state index in [-0.39, 0.29) is 12.5 Å². The van der Waals surface area contributed by atoms with E-state index in [0.29, 0.717) is 22.8 Å². The monoisotopic (exact) mass is 283 g/mol. The number of amides is 1. The number of aliphatic hydroxyl groups is 1. The summed E-state index contributed by atoms with van der Waals surface area (Å²) in [5.41, 5.74) is -0.415. The van der Waals surface area contributed by atoms with Crippen molar-refractivity contribution in [3.8, 4) is 17.2 Å². The zero-order chi connectivity index (χ0) is 15.3. The van der Waals surface area contributed by atoms with Gasteiger partial charge in [-0.25, -0.2) is 0 Å². The standard InChI is InChI=1S/C14H21NO5/c1-14(2,8-16)15-13(17)9-6-11(19-4)12(20-5)7-10(9)18-3/h6-7,16H,8H2,1-5H3,(H,15,17). The van der Waals surface area contributed by atoms with Gasteiger partial charge in [-0.15, -0.1) is 0 Å². The minimum atomic E-state index is -0.727. The van der Waals surface area contributed by atoms with Crippen molar-refractivity contribution in [3.05, 3.63) is 17.7 Å². The lowest BCUT2D eigenvalue weighted by molar-refractivity contribution is 0.0866. The van der Waals surface area contributed by atoms with Crippen LogP contribution in [0.3, 0.4) is 0 Å². The molecule has 1 aromatic rings. The second kappa shape index (κ2) is 6.47. The van der Waals surface area contributed by atoms with Gasteiger partial charge in [0.1, 0.15) is 5.75 Å². The average Bonchev–Trinajstić information content (AvgIpc) is 2.45. The first-order chi connectivity index (χ1) is 9.38. The summed E-state index contributed by atoms with van der Waals surface area (Å²) in [4.78, 5) is 12.3. The Morgan fingerprint density at radius 3 is 2.05 bits per heavy atom. The van der Waals surface area contributed by atoms with Gasteiger partial charge in [-0.3, -0.25) is 4.79 Å². The molecule has 1 amide bonds. The maximum atomic E-state index is 12.3. The first kappa shape index (κ1) is 16.1. The Labute approximate surface area is 118 Å². The second-order valence-corrected chi connectivity index (χ2v) is 4.90. The molecule has 0 unspecified atom stereocenters. The molecule has 0 bridgehead atoms. The van der Waals surface area contributed by atoms with Crippen molar-refractivity contribution in [1.29, 1.82) is 0 Å². The Morgan fingerprint density at radius 2 is 1.60 bits per heavy atom. The van der Waals surface area contributed by atoms with Gasteiger partial charge >= 0.3 is 0 Å². The molecule has 20 heavy (non-hydrogen) atoms. The maximum absolute atomic E-state index is 12.3. The Balaban J connectivity index is 3.19. The van der Waals surface area contributed by atoms with Gasteiger partial charge in [0.15, 0.2) is 11.5 Å².